The van der Waals surface area contributed by atoms with E-state index in [4.69, 9.17) is 0 Å². The van der Waals surface area contributed by atoms with E-state index in [0.29, 0.717) is 0 Å². The molecule has 0 heterocycles. The van der Waals surface area contributed by atoms with Gasteiger partial charge in [0.05, 0.1) is 6.61 Å². The molecule has 0 aliphatic carbocycles. The minimum absolute atomic E-state index is 0.0844. The average molecular weight is 212 g/mol. The van der Waals surface area contributed by atoms with E-state index in [1.165, 1.54) is 11.1 Å². The molecule has 1 unspecified atom stereocenters. The van der Waals surface area contributed by atoms with Gasteiger partial charge in [0, 0.05) is 5.92 Å². The molecule has 1 heteroatoms. The number of hydrogen-bond acceptors (Lipinski definition) is 1. The molecule has 0 saturated carbocycles. The molecule has 0 radical (unpaired) electrons. The van der Waals surface area contributed by atoms with Gasteiger partial charge < -0.3 is 5.11 Å². The fraction of sp³-hybridized carbons (Fsp3) is 0.200. The second-order valence-corrected chi connectivity index (χ2v) is 4.06. The smallest absolute Gasteiger partial charge is 0.0540 e. The Morgan fingerprint density at radius 1 is 0.938 bits per heavy atom. The van der Waals surface area contributed by atoms with Crippen molar-refractivity contribution in [2.24, 2.45) is 0 Å². The predicted octanol–water partition coefficient (Wildman–Crippen LogP) is 3.12. The van der Waals surface area contributed by atoms with Crippen molar-refractivity contribution in [3.8, 4) is 0 Å². The van der Waals surface area contributed by atoms with Crippen molar-refractivity contribution in [1.82, 2.24) is 0 Å². The lowest BCUT2D eigenvalue weighted by atomic mass is 9.91. The van der Waals surface area contributed by atoms with Crippen molar-refractivity contribution in [2.75, 3.05) is 6.61 Å². The van der Waals surface area contributed by atoms with Gasteiger partial charge in [-0.25, -0.2) is 0 Å². The van der Waals surface area contributed by atoms with Crippen LogP contribution in [0.15, 0.2) is 54.6 Å². The van der Waals surface area contributed by atoms with Gasteiger partial charge in [0.2, 0.25) is 0 Å². The van der Waals surface area contributed by atoms with Crippen molar-refractivity contribution in [2.45, 2.75) is 12.8 Å². The molecule has 2 rings (SSSR count). The minimum atomic E-state index is 0.0844. The molecule has 16 heavy (non-hydrogen) atoms. The summed E-state index contributed by atoms with van der Waals surface area (Å²) < 4.78 is 0. The fourth-order valence-corrected chi connectivity index (χ4v) is 1.98. The molecule has 0 saturated heterocycles. The fourth-order valence-electron chi connectivity index (χ4n) is 1.98. The number of hydrogen-bond donors (Lipinski definition) is 1. The molecule has 0 bridgehead atoms. The van der Waals surface area contributed by atoms with Crippen molar-refractivity contribution in [1.29, 1.82) is 0 Å². The van der Waals surface area contributed by atoms with Crippen LogP contribution in [0.5, 0.6) is 0 Å². The van der Waals surface area contributed by atoms with Gasteiger partial charge in [0.25, 0.3) is 0 Å². The topological polar surface area (TPSA) is 20.2 Å². The normalized spacial score (nSPS) is 12.4. The van der Waals surface area contributed by atoms with Gasteiger partial charge in [-0.15, -0.1) is 0 Å². The van der Waals surface area contributed by atoms with E-state index < -0.39 is 0 Å². The first-order chi connectivity index (χ1) is 7.81. The molecule has 1 N–H and O–H groups in total. The van der Waals surface area contributed by atoms with Gasteiger partial charge in [-0.3, -0.25) is 0 Å². The standard InChI is InChI=1S/C15H16O/c1-12-6-5-9-14(10-12)15(11-16)13-7-3-2-4-8-13/h2-10,15-16H,11H2,1H3. The van der Waals surface area contributed by atoms with Gasteiger partial charge in [0.15, 0.2) is 0 Å². The average Bonchev–Trinajstić information content (AvgIpc) is 2.31. The molecular weight excluding hydrogens is 196 g/mol. The quantitative estimate of drug-likeness (QED) is 0.828. The third kappa shape index (κ3) is 2.31. The van der Waals surface area contributed by atoms with Crippen LogP contribution in [0.4, 0.5) is 0 Å². The Bertz CT molecular complexity index is 448. The first-order valence-corrected chi connectivity index (χ1v) is 5.53. The summed E-state index contributed by atoms with van der Waals surface area (Å²) in [6.07, 6.45) is 0. The summed E-state index contributed by atoms with van der Waals surface area (Å²) in [6.45, 7) is 2.22. The Labute approximate surface area is 96.4 Å². The van der Waals surface area contributed by atoms with Crippen LogP contribution in [-0.2, 0) is 0 Å². The van der Waals surface area contributed by atoms with Crippen LogP contribution in [0.3, 0.4) is 0 Å². The van der Waals surface area contributed by atoms with E-state index in [2.05, 4.69) is 37.3 Å². The Morgan fingerprint density at radius 2 is 1.62 bits per heavy atom. The third-order valence-corrected chi connectivity index (χ3v) is 2.83. The highest BCUT2D eigenvalue weighted by Crippen LogP contribution is 2.24. The lowest BCUT2D eigenvalue weighted by Gasteiger charge is -2.15. The summed E-state index contributed by atoms with van der Waals surface area (Å²) in [7, 11) is 0. The molecule has 0 fully saturated rings. The first kappa shape index (κ1) is 10.9. The van der Waals surface area contributed by atoms with Crippen molar-refractivity contribution in [3.05, 3.63) is 71.3 Å². The van der Waals surface area contributed by atoms with E-state index in [9.17, 15) is 5.11 Å². The summed E-state index contributed by atoms with van der Waals surface area (Å²) in [5.41, 5.74) is 3.57. The molecule has 2 aromatic carbocycles. The molecule has 2 aromatic rings. The molecule has 0 aromatic heterocycles. The van der Waals surface area contributed by atoms with Gasteiger partial charge in [-0.1, -0.05) is 60.2 Å². The van der Waals surface area contributed by atoms with E-state index in [1.807, 2.05) is 24.3 Å². The van der Waals surface area contributed by atoms with Crippen LogP contribution >= 0.6 is 0 Å². The number of rotatable bonds is 3. The Kier molecular flexibility index (Phi) is 3.37. The monoisotopic (exact) mass is 212 g/mol. The maximum atomic E-state index is 9.52. The lowest BCUT2D eigenvalue weighted by molar-refractivity contribution is 0.280. The second-order valence-electron chi connectivity index (χ2n) is 4.06. The highest BCUT2D eigenvalue weighted by atomic mass is 16.3. The zero-order chi connectivity index (χ0) is 11.4. The van der Waals surface area contributed by atoms with Crippen LogP contribution in [-0.4, -0.2) is 11.7 Å². The summed E-state index contributed by atoms with van der Waals surface area (Å²) in [5.74, 6) is 0.0844. The molecule has 0 aliphatic rings. The van der Waals surface area contributed by atoms with Crippen molar-refractivity contribution >= 4 is 0 Å². The van der Waals surface area contributed by atoms with E-state index in [0.717, 1.165) is 5.56 Å². The summed E-state index contributed by atoms with van der Waals surface area (Å²) in [5, 5.41) is 9.52. The van der Waals surface area contributed by atoms with Crippen LogP contribution in [0, 0.1) is 6.92 Å². The van der Waals surface area contributed by atoms with Crippen LogP contribution in [0.25, 0.3) is 0 Å². The molecule has 0 amide bonds. The molecule has 1 atom stereocenters. The first-order valence-electron chi connectivity index (χ1n) is 5.53. The minimum Gasteiger partial charge on any atom is -0.395 e. The van der Waals surface area contributed by atoms with E-state index >= 15 is 0 Å². The SMILES string of the molecule is Cc1cccc(C(CO)c2ccccc2)c1. The van der Waals surface area contributed by atoms with Crippen LogP contribution in [0.2, 0.25) is 0 Å². The van der Waals surface area contributed by atoms with E-state index in [1.54, 1.807) is 0 Å². The van der Waals surface area contributed by atoms with Crippen molar-refractivity contribution < 1.29 is 5.11 Å². The molecule has 82 valence electrons. The van der Waals surface area contributed by atoms with Crippen molar-refractivity contribution in [3.63, 3.8) is 0 Å². The summed E-state index contributed by atoms with van der Waals surface area (Å²) in [6, 6.07) is 18.4. The third-order valence-electron chi connectivity index (χ3n) is 2.83. The zero-order valence-electron chi connectivity index (χ0n) is 9.43. The number of aryl methyl sites for hydroxylation is 1. The number of aliphatic hydroxyl groups is 1. The van der Waals surface area contributed by atoms with Gasteiger partial charge >= 0.3 is 0 Å². The Balaban J connectivity index is 2.37. The number of aliphatic hydroxyl groups excluding tert-OH is 1. The lowest BCUT2D eigenvalue weighted by Crippen LogP contribution is -2.05. The van der Waals surface area contributed by atoms with E-state index in [-0.39, 0.29) is 12.5 Å². The van der Waals surface area contributed by atoms with Gasteiger partial charge in [-0.05, 0) is 18.1 Å². The van der Waals surface area contributed by atoms with Crippen LogP contribution < -0.4 is 0 Å². The van der Waals surface area contributed by atoms with Crippen LogP contribution in [0.1, 0.15) is 22.6 Å². The summed E-state index contributed by atoms with van der Waals surface area (Å²) >= 11 is 0. The molecule has 0 spiro atoms. The predicted molar refractivity (Wildman–Crippen MR) is 66.5 cm³/mol. The second kappa shape index (κ2) is 4.95. The summed E-state index contributed by atoms with van der Waals surface area (Å²) in [4.78, 5) is 0. The van der Waals surface area contributed by atoms with Gasteiger partial charge in [0.1, 0.15) is 0 Å². The zero-order valence-corrected chi connectivity index (χ0v) is 9.43. The maximum absolute atomic E-state index is 9.52. The Morgan fingerprint density at radius 3 is 2.25 bits per heavy atom. The molecule has 1 nitrogen and oxygen atoms in total. The maximum Gasteiger partial charge on any atom is 0.0540 e. The molecule has 0 aliphatic heterocycles. The molecular formula is C15H16O. The number of benzene rings is 2. The Hall–Kier alpha value is -1.60. The largest absolute Gasteiger partial charge is 0.395 e. The van der Waals surface area contributed by atoms with Gasteiger partial charge in [-0.2, -0.15) is 0 Å². The highest BCUT2D eigenvalue weighted by molar-refractivity contribution is 5.34. The highest BCUT2D eigenvalue weighted by Gasteiger charge is 2.12.